The number of carbonyl (C=O) groups is 1. The molecule has 2 aromatic rings. The number of anilines is 1. The van der Waals surface area contributed by atoms with Crippen LogP contribution < -0.4 is 5.73 Å². The van der Waals surface area contributed by atoms with Gasteiger partial charge < -0.3 is 10.6 Å². The van der Waals surface area contributed by atoms with Crippen LogP contribution in [0.5, 0.6) is 0 Å². The number of benzene rings is 2. The molecule has 0 radical (unpaired) electrons. The molecule has 3 heteroatoms. The average molecular weight is 282 g/mol. The summed E-state index contributed by atoms with van der Waals surface area (Å²) in [5.74, 6) is 0.547. The van der Waals surface area contributed by atoms with Crippen LogP contribution in [0.4, 0.5) is 5.69 Å². The Morgan fingerprint density at radius 1 is 1.24 bits per heavy atom. The van der Waals surface area contributed by atoms with Crippen LogP contribution in [0.2, 0.25) is 0 Å². The predicted molar refractivity (Wildman–Crippen MR) is 87.3 cm³/mol. The van der Waals surface area contributed by atoms with E-state index in [2.05, 4.69) is 13.8 Å². The maximum atomic E-state index is 12.9. The van der Waals surface area contributed by atoms with Crippen molar-refractivity contribution in [3.63, 3.8) is 0 Å². The molecule has 0 heterocycles. The van der Waals surface area contributed by atoms with E-state index in [0.29, 0.717) is 23.2 Å². The maximum Gasteiger partial charge on any atom is 0.256 e. The molecule has 0 aromatic heterocycles. The molecule has 0 aliphatic heterocycles. The van der Waals surface area contributed by atoms with Crippen LogP contribution >= 0.6 is 0 Å². The Bertz CT molecular complexity index is 674. The lowest BCUT2D eigenvalue weighted by molar-refractivity contribution is 0.0724. The first-order valence-corrected chi connectivity index (χ1v) is 7.65. The third-order valence-electron chi connectivity index (χ3n) is 3.96. The smallest absolute Gasteiger partial charge is 0.256 e. The molecule has 1 fully saturated rings. The number of fused-ring (bicyclic) bond motifs is 1. The molecule has 0 unspecified atom stereocenters. The molecular formula is C18H22N2O. The molecule has 0 spiro atoms. The Hall–Kier alpha value is -2.03. The van der Waals surface area contributed by atoms with Crippen LogP contribution in [-0.4, -0.2) is 23.4 Å². The van der Waals surface area contributed by atoms with Crippen molar-refractivity contribution in [2.75, 3.05) is 12.3 Å². The molecular weight excluding hydrogens is 260 g/mol. The van der Waals surface area contributed by atoms with E-state index in [4.69, 9.17) is 5.73 Å². The van der Waals surface area contributed by atoms with Crippen LogP contribution in [0.25, 0.3) is 10.8 Å². The normalized spacial score (nSPS) is 14.6. The Morgan fingerprint density at radius 2 is 1.86 bits per heavy atom. The summed E-state index contributed by atoms with van der Waals surface area (Å²) < 4.78 is 0. The average Bonchev–Trinajstić information content (AvgIpc) is 3.27. The summed E-state index contributed by atoms with van der Waals surface area (Å²) in [7, 11) is 0. The van der Waals surface area contributed by atoms with E-state index in [1.807, 2.05) is 41.3 Å². The number of nitrogens with zero attached hydrogens (tertiary/aromatic N) is 1. The molecule has 1 aliphatic carbocycles. The van der Waals surface area contributed by atoms with Gasteiger partial charge in [-0.25, -0.2) is 0 Å². The van der Waals surface area contributed by atoms with Gasteiger partial charge in [0.1, 0.15) is 0 Å². The third-order valence-corrected chi connectivity index (χ3v) is 3.96. The highest BCUT2D eigenvalue weighted by Gasteiger charge is 2.33. The largest absolute Gasteiger partial charge is 0.398 e. The van der Waals surface area contributed by atoms with Gasteiger partial charge in [0.15, 0.2) is 0 Å². The zero-order valence-electron chi connectivity index (χ0n) is 12.7. The SMILES string of the molecule is CC(C)CN(C(=O)c1cc2ccccc2cc1N)C1CC1. The Labute approximate surface area is 125 Å². The number of hydrogen-bond acceptors (Lipinski definition) is 2. The molecule has 2 aromatic carbocycles. The Morgan fingerprint density at radius 3 is 2.43 bits per heavy atom. The molecule has 3 rings (SSSR count). The van der Waals surface area contributed by atoms with Crippen molar-refractivity contribution in [3.8, 4) is 0 Å². The minimum atomic E-state index is 0.0782. The molecule has 110 valence electrons. The molecule has 0 atom stereocenters. The molecule has 3 nitrogen and oxygen atoms in total. The van der Waals surface area contributed by atoms with Gasteiger partial charge in [-0.05, 0) is 41.7 Å². The Kier molecular flexibility index (Phi) is 3.58. The van der Waals surface area contributed by atoms with Gasteiger partial charge >= 0.3 is 0 Å². The lowest BCUT2D eigenvalue weighted by atomic mass is 10.0. The van der Waals surface area contributed by atoms with Crippen molar-refractivity contribution in [1.29, 1.82) is 0 Å². The second-order valence-electron chi connectivity index (χ2n) is 6.37. The number of rotatable bonds is 4. The van der Waals surface area contributed by atoms with Crippen molar-refractivity contribution in [2.24, 2.45) is 5.92 Å². The molecule has 1 amide bonds. The second kappa shape index (κ2) is 5.40. The van der Waals surface area contributed by atoms with Gasteiger partial charge in [0.25, 0.3) is 5.91 Å². The fourth-order valence-electron chi connectivity index (χ4n) is 2.78. The predicted octanol–water partition coefficient (Wildman–Crippen LogP) is 3.68. The first-order valence-electron chi connectivity index (χ1n) is 7.65. The third kappa shape index (κ3) is 2.87. The van der Waals surface area contributed by atoms with Crippen molar-refractivity contribution >= 4 is 22.4 Å². The minimum Gasteiger partial charge on any atom is -0.398 e. The standard InChI is InChI=1S/C18H22N2O/c1-12(2)11-20(15-7-8-15)18(21)16-9-13-5-3-4-6-14(13)10-17(16)19/h3-6,9-10,12,15H,7-8,11,19H2,1-2H3. The van der Waals surface area contributed by atoms with E-state index in [1.54, 1.807) is 0 Å². The van der Waals surface area contributed by atoms with Crippen molar-refractivity contribution in [1.82, 2.24) is 4.90 Å². The summed E-state index contributed by atoms with van der Waals surface area (Å²) in [6, 6.07) is 12.3. The summed E-state index contributed by atoms with van der Waals surface area (Å²) in [4.78, 5) is 14.9. The first kappa shape index (κ1) is 13.9. The highest BCUT2D eigenvalue weighted by Crippen LogP contribution is 2.31. The van der Waals surface area contributed by atoms with E-state index in [1.165, 1.54) is 0 Å². The van der Waals surface area contributed by atoms with E-state index >= 15 is 0 Å². The number of nitrogens with two attached hydrogens (primary N) is 1. The topological polar surface area (TPSA) is 46.3 Å². The summed E-state index contributed by atoms with van der Waals surface area (Å²) in [5.41, 5.74) is 7.35. The number of amides is 1. The van der Waals surface area contributed by atoms with Crippen molar-refractivity contribution < 1.29 is 4.79 Å². The number of nitrogen functional groups attached to an aromatic ring is 1. The summed E-state index contributed by atoms with van der Waals surface area (Å²) in [5, 5.41) is 2.14. The molecule has 1 saturated carbocycles. The highest BCUT2D eigenvalue weighted by atomic mass is 16.2. The van der Waals surface area contributed by atoms with Crippen LogP contribution in [0.1, 0.15) is 37.0 Å². The monoisotopic (exact) mass is 282 g/mol. The van der Waals surface area contributed by atoms with Crippen LogP contribution in [-0.2, 0) is 0 Å². The summed E-state index contributed by atoms with van der Waals surface area (Å²) in [6.07, 6.45) is 2.23. The lowest BCUT2D eigenvalue weighted by Gasteiger charge is -2.25. The van der Waals surface area contributed by atoms with E-state index in [-0.39, 0.29) is 5.91 Å². The van der Waals surface area contributed by atoms with Crippen molar-refractivity contribution in [3.05, 3.63) is 42.0 Å². The second-order valence-corrected chi connectivity index (χ2v) is 6.37. The van der Waals surface area contributed by atoms with E-state index < -0.39 is 0 Å². The van der Waals surface area contributed by atoms with Gasteiger partial charge in [-0.3, -0.25) is 4.79 Å². The molecule has 1 aliphatic rings. The van der Waals surface area contributed by atoms with Crippen LogP contribution in [0.15, 0.2) is 36.4 Å². The van der Waals surface area contributed by atoms with Crippen LogP contribution in [0.3, 0.4) is 0 Å². The van der Waals surface area contributed by atoms with Gasteiger partial charge in [0.2, 0.25) is 0 Å². The highest BCUT2D eigenvalue weighted by molar-refractivity contribution is 6.04. The summed E-state index contributed by atoms with van der Waals surface area (Å²) >= 11 is 0. The maximum absolute atomic E-state index is 12.9. The lowest BCUT2D eigenvalue weighted by Crippen LogP contribution is -2.36. The minimum absolute atomic E-state index is 0.0782. The quantitative estimate of drug-likeness (QED) is 0.869. The number of hydrogen-bond donors (Lipinski definition) is 1. The van der Waals surface area contributed by atoms with Gasteiger partial charge in [-0.2, -0.15) is 0 Å². The van der Waals surface area contributed by atoms with Crippen LogP contribution in [0, 0.1) is 5.92 Å². The van der Waals surface area contributed by atoms with E-state index in [0.717, 1.165) is 30.2 Å². The van der Waals surface area contributed by atoms with Gasteiger partial charge in [0, 0.05) is 18.3 Å². The Balaban J connectivity index is 1.97. The van der Waals surface area contributed by atoms with Crippen molar-refractivity contribution in [2.45, 2.75) is 32.7 Å². The summed E-state index contributed by atoms with van der Waals surface area (Å²) in [6.45, 7) is 5.09. The zero-order valence-corrected chi connectivity index (χ0v) is 12.7. The van der Waals surface area contributed by atoms with Gasteiger partial charge in [-0.15, -0.1) is 0 Å². The fraction of sp³-hybridized carbons (Fsp3) is 0.389. The number of carbonyl (C=O) groups excluding carboxylic acids is 1. The van der Waals surface area contributed by atoms with Gasteiger partial charge in [0.05, 0.1) is 5.56 Å². The zero-order chi connectivity index (χ0) is 15.0. The fourth-order valence-corrected chi connectivity index (χ4v) is 2.78. The van der Waals surface area contributed by atoms with Gasteiger partial charge in [-0.1, -0.05) is 38.1 Å². The molecule has 21 heavy (non-hydrogen) atoms. The van der Waals surface area contributed by atoms with E-state index in [9.17, 15) is 4.79 Å². The molecule has 2 N–H and O–H groups in total. The molecule has 0 saturated heterocycles. The molecule has 0 bridgehead atoms. The first-order chi connectivity index (χ1) is 10.1.